The van der Waals surface area contributed by atoms with Gasteiger partial charge in [0.15, 0.2) is 5.82 Å². The lowest BCUT2D eigenvalue weighted by Crippen LogP contribution is -2.08. The minimum absolute atomic E-state index is 0. The smallest absolute Gasteiger partial charge is 0.159 e. The topological polar surface area (TPSA) is 51.8 Å². The highest BCUT2D eigenvalue weighted by Gasteiger charge is 2.19. The molecule has 2 aromatic rings. The molecule has 100 valence electrons. The number of hydrogen-bond donors (Lipinski definition) is 1. The van der Waals surface area contributed by atoms with Crippen molar-refractivity contribution in [1.82, 2.24) is 9.97 Å². The molecule has 1 aromatic heterocycles. The van der Waals surface area contributed by atoms with Crippen molar-refractivity contribution in [2.75, 3.05) is 0 Å². The molecular weight excluding hydrogens is 258 g/mol. The molecule has 0 radical (unpaired) electrons. The van der Waals surface area contributed by atoms with Gasteiger partial charge in [0.2, 0.25) is 0 Å². The standard InChI is InChI=1S/C15H17N3.ClH/c1-10-5-2-3-6-11(10)15-17-13-8-4-7-12(13)14(9-16)18-15;/h2-3,5-6H,4,7-9,16H2,1H3;1H. The van der Waals surface area contributed by atoms with Gasteiger partial charge < -0.3 is 5.73 Å². The SMILES string of the molecule is Cc1ccccc1-c1nc(CN)c2c(n1)CCC2.Cl. The summed E-state index contributed by atoms with van der Waals surface area (Å²) in [6, 6.07) is 8.23. The number of nitrogens with two attached hydrogens (primary N) is 1. The van der Waals surface area contributed by atoms with E-state index >= 15 is 0 Å². The molecule has 0 aliphatic heterocycles. The number of rotatable bonds is 2. The van der Waals surface area contributed by atoms with E-state index in [2.05, 4.69) is 24.0 Å². The van der Waals surface area contributed by atoms with Crippen LogP contribution in [0.2, 0.25) is 0 Å². The highest BCUT2D eigenvalue weighted by Crippen LogP contribution is 2.27. The molecule has 4 heteroatoms. The van der Waals surface area contributed by atoms with Crippen LogP contribution >= 0.6 is 12.4 Å². The third kappa shape index (κ3) is 2.48. The van der Waals surface area contributed by atoms with Crippen molar-refractivity contribution in [1.29, 1.82) is 0 Å². The van der Waals surface area contributed by atoms with Gasteiger partial charge in [-0.15, -0.1) is 12.4 Å². The molecule has 3 nitrogen and oxygen atoms in total. The first kappa shape index (κ1) is 14.0. The number of benzene rings is 1. The fourth-order valence-electron chi connectivity index (χ4n) is 2.62. The Kier molecular flexibility index (Phi) is 4.17. The van der Waals surface area contributed by atoms with E-state index in [9.17, 15) is 0 Å². The predicted molar refractivity (Wildman–Crippen MR) is 79.4 cm³/mol. The zero-order chi connectivity index (χ0) is 12.5. The Morgan fingerprint density at radius 2 is 1.95 bits per heavy atom. The summed E-state index contributed by atoms with van der Waals surface area (Å²) in [5.41, 5.74) is 11.6. The van der Waals surface area contributed by atoms with Crippen molar-refractivity contribution in [2.24, 2.45) is 5.73 Å². The molecule has 19 heavy (non-hydrogen) atoms. The zero-order valence-corrected chi connectivity index (χ0v) is 11.8. The monoisotopic (exact) mass is 275 g/mol. The molecule has 0 fully saturated rings. The number of fused-ring (bicyclic) bond motifs is 1. The lowest BCUT2D eigenvalue weighted by atomic mass is 10.1. The maximum absolute atomic E-state index is 5.82. The highest BCUT2D eigenvalue weighted by atomic mass is 35.5. The average Bonchev–Trinajstić information content (AvgIpc) is 2.86. The summed E-state index contributed by atoms with van der Waals surface area (Å²) in [5, 5.41) is 0. The van der Waals surface area contributed by atoms with Gasteiger partial charge in [-0.2, -0.15) is 0 Å². The molecule has 0 amide bonds. The normalized spacial score (nSPS) is 12.9. The summed E-state index contributed by atoms with van der Waals surface area (Å²) in [7, 11) is 0. The first-order valence-corrected chi connectivity index (χ1v) is 6.44. The first-order valence-electron chi connectivity index (χ1n) is 6.44. The van der Waals surface area contributed by atoms with E-state index in [1.165, 1.54) is 23.2 Å². The Labute approximate surface area is 119 Å². The summed E-state index contributed by atoms with van der Waals surface area (Å²) < 4.78 is 0. The van der Waals surface area contributed by atoms with Crippen LogP contribution in [-0.2, 0) is 19.4 Å². The van der Waals surface area contributed by atoms with E-state index in [1.807, 2.05) is 12.1 Å². The predicted octanol–water partition coefficient (Wildman–Crippen LogP) is 2.82. The van der Waals surface area contributed by atoms with Crippen LogP contribution in [0, 0.1) is 6.92 Å². The van der Waals surface area contributed by atoms with Crippen molar-refractivity contribution in [3.05, 3.63) is 46.8 Å². The molecule has 0 saturated heterocycles. The largest absolute Gasteiger partial charge is 0.325 e. The number of hydrogen-bond acceptors (Lipinski definition) is 3. The van der Waals surface area contributed by atoms with Crippen molar-refractivity contribution in [3.8, 4) is 11.4 Å². The second-order valence-corrected chi connectivity index (χ2v) is 4.79. The van der Waals surface area contributed by atoms with Crippen molar-refractivity contribution >= 4 is 12.4 Å². The van der Waals surface area contributed by atoms with E-state index in [0.717, 1.165) is 29.9 Å². The molecule has 1 heterocycles. The van der Waals surface area contributed by atoms with Gasteiger partial charge in [-0.25, -0.2) is 9.97 Å². The van der Waals surface area contributed by atoms with Crippen LogP contribution in [0.4, 0.5) is 0 Å². The number of aryl methyl sites for hydroxylation is 2. The van der Waals surface area contributed by atoms with Crippen LogP contribution in [0.5, 0.6) is 0 Å². The minimum Gasteiger partial charge on any atom is -0.325 e. The van der Waals surface area contributed by atoms with Gasteiger partial charge in [-0.1, -0.05) is 24.3 Å². The maximum atomic E-state index is 5.82. The average molecular weight is 276 g/mol. The third-order valence-electron chi connectivity index (χ3n) is 3.60. The van der Waals surface area contributed by atoms with Crippen molar-refractivity contribution in [3.63, 3.8) is 0 Å². The van der Waals surface area contributed by atoms with Gasteiger partial charge in [0.25, 0.3) is 0 Å². The van der Waals surface area contributed by atoms with Gasteiger partial charge in [0, 0.05) is 17.8 Å². The van der Waals surface area contributed by atoms with Crippen molar-refractivity contribution in [2.45, 2.75) is 32.7 Å². The van der Waals surface area contributed by atoms with E-state index in [-0.39, 0.29) is 12.4 Å². The Morgan fingerprint density at radius 1 is 1.16 bits per heavy atom. The highest BCUT2D eigenvalue weighted by molar-refractivity contribution is 5.85. The van der Waals surface area contributed by atoms with Gasteiger partial charge in [-0.05, 0) is 37.3 Å². The lowest BCUT2D eigenvalue weighted by molar-refractivity contribution is 0.892. The summed E-state index contributed by atoms with van der Waals surface area (Å²) in [6.45, 7) is 2.60. The Bertz CT molecular complexity index is 596. The van der Waals surface area contributed by atoms with E-state index in [1.54, 1.807) is 0 Å². The van der Waals surface area contributed by atoms with E-state index in [0.29, 0.717) is 6.54 Å². The number of nitrogens with zero attached hydrogens (tertiary/aromatic N) is 2. The van der Waals surface area contributed by atoms with Gasteiger partial charge in [0.05, 0.1) is 5.69 Å². The van der Waals surface area contributed by atoms with Crippen LogP contribution in [0.15, 0.2) is 24.3 Å². The fourth-order valence-corrected chi connectivity index (χ4v) is 2.62. The van der Waals surface area contributed by atoms with E-state index in [4.69, 9.17) is 10.7 Å². The molecule has 3 rings (SSSR count). The van der Waals surface area contributed by atoms with E-state index < -0.39 is 0 Å². The number of aromatic nitrogens is 2. The van der Waals surface area contributed by atoms with Crippen LogP contribution in [-0.4, -0.2) is 9.97 Å². The van der Waals surface area contributed by atoms with Crippen LogP contribution in [0.3, 0.4) is 0 Å². The molecule has 0 spiro atoms. The zero-order valence-electron chi connectivity index (χ0n) is 11.0. The molecule has 0 saturated carbocycles. The Hall–Kier alpha value is -1.45. The van der Waals surface area contributed by atoms with Gasteiger partial charge in [0.1, 0.15) is 0 Å². The molecule has 2 N–H and O–H groups in total. The van der Waals surface area contributed by atoms with Crippen molar-refractivity contribution < 1.29 is 0 Å². The summed E-state index contributed by atoms with van der Waals surface area (Å²) in [4.78, 5) is 9.38. The molecule has 1 aromatic carbocycles. The molecule has 1 aliphatic rings. The molecule has 0 bridgehead atoms. The number of halogens is 1. The maximum Gasteiger partial charge on any atom is 0.159 e. The second-order valence-electron chi connectivity index (χ2n) is 4.79. The lowest BCUT2D eigenvalue weighted by Gasteiger charge is -2.10. The Balaban J connectivity index is 0.00000133. The second kappa shape index (κ2) is 5.68. The van der Waals surface area contributed by atoms with Crippen LogP contribution < -0.4 is 5.73 Å². The van der Waals surface area contributed by atoms with Gasteiger partial charge >= 0.3 is 0 Å². The molecule has 0 atom stereocenters. The molecular formula is C15H18ClN3. The Morgan fingerprint density at radius 3 is 2.68 bits per heavy atom. The third-order valence-corrected chi connectivity index (χ3v) is 3.60. The quantitative estimate of drug-likeness (QED) is 0.917. The molecule has 0 unspecified atom stereocenters. The van der Waals surface area contributed by atoms with Gasteiger partial charge in [-0.3, -0.25) is 0 Å². The fraction of sp³-hybridized carbons (Fsp3) is 0.333. The summed E-state index contributed by atoms with van der Waals surface area (Å²) >= 11 is 0. The first-order chi connectivity index (χ1) is 8.79. The van der Waals surface area contributed by atoms with Crippen LogP contribution in [0.1, 0.15) is 28.9 Å². The summed E-state index contributed by atoms with van der Waals surface area (Å²) in [6.07, 6.45) is 3.31. The minimum atomic E-state index is 0. The summed E-state index contributed by atoms with van der Waals surface area (Å²) in [5.74, 6) is 0.828. The molecule has 1 aliphatic carbocycles. The van der Waals surface area contributed by atoms with Crippen LogP contribution in [0.25, 0.3) is 11.4 Å².